The normalized spacial score (nSPS) is 12.8. The van der Waals surface area contributed by atoms with Gasteiger partial charge in [-0.05, 0) is 27.7 Å². The Morgan fingerprint density at radius 2 is 2.18 bits per heavy atom. The number of hydrogen-bond acceptors (Lipinski definition) is 5. The fourth-order valence-corrected chi connectivity index (χ4v) is 2.72. The van der Waals surface area contributed by atoms with Crippen LogP contribution in [0.1, 0.15) is 37.4 Å². The zero-order chi connectivity index (χ0) is 12.8. The molecule has 4 nitrogen and oxygen atoms in total. The zero-order valence-corrected chi connectivity index (χ0v) is 11.9. The van der Waals surface area contributed by atoms with Gasteiger partial charge in [-0.1, -0.05) is 11.3 Å². The summed E-state index contributed by atoms with van der Waals surface area (Å²) < 4.78 is 5.36. The molecule has 0 aromatic carbocycles. The monoisotopic (exact) mass is 258 g/mol. The average Bonchev–Trinajstić information content (AvgIpc) is 2.67. The predicted octanol–water partition coefficient (Wildman–Crippen LogP) is 2.37. The van der Waals surface area contributed by atoms with Crippen molar-refractivity contribution in [3.8, 4) is 0 Å². The molecule has 1 aromatic rings. The Labute approximate surface area is 107 Å². The number of aliphatic hydroxyl groups excluding tert-OH is 1. The quantitative estimate of drug-likeness (QED) is 0.763. The first kappa shape index (κ1) is 14.4. The van der Waals surface area contributed by atoms with E-state index < -0.39 is 6.10 Å². The van der Waals surface area contributed by atoms with Crippen LogP contribution in [0.5, 0.6) is 0 Å². The first-order chi connectivity index (χ1) is 8.10. The maximum Gasteiger partial charge on any atom is 0.185 e. The van der Waals surface area contributed by atoms with Crippen molar-refractivity contribution in [2.45, 2.75) is 33.8 Å². The number of aliphatic hydroxyl groups is 1. The number of hydrogen-bond donors (Lipinski definition) is 1. The molecule has 1 aromatic heterocycles. The van der Waals surface area contributed by atoms with E-state index >= 15 is 0 Å². The van der Waals surface area contributed by atoms with Crippen molar-refractivity contribution in [1.82, 2.24) is 4.98 Å². The number of aryl methyl sites for hydroxylation is 1. The molecule has 0 fully saturated rings. The van der Waals surface area contributed by atoms with Crippen LogP contribution in [-0.4, -0.2) is 36.4 Å². The Kier molecular flexibility index (Phi) is 5.88. The summed E-state index contributed by atoms with van der Waals surface area (Å²) in [5, 5.41) is 10.6. The van der Waals surface area contributed by atoms with E-state index in [2.05, 4.69) is 16.8 Å². The molecule has 0 aliphatic carbocycles. The lowest BCUT2D eigenvalue weighted by atomic mass is 10.3. The van der Waals surface area contributed by atoms with E-state index in [4.69, 9.17) is 4.74 Å². The van der Waals surface area contributed by atoms with Crippen LogP contribution in [0.3, 0.4) is 0 Å². The van der Waals surface area contributed by atoms with Crippen molar-refractivity contribution < 1.29 is 9.84 Å². The van der Waals surface area contributed by atoms with Gasteiger partial charge < -0.3 is 14.7 Å². The van der Waals surface area contributed by atoms with Crippen molar-refractivity contribution in [3.63, 3.8) is 0 Å². The third kappa shape index (κ3) is 3.94. The molecule has 0 saturated carbocycles. The molecule has 0 bridgehead atoms. The van der Waals surface area contributed by atoms with E-state index in [1.54, 1.807) is 18.3 Å². The molecule has 0 spiro atoms. The van der Waals surface area contributed by atoms with E-state index in [0.717, 1.165) is 35.4 Å². The Morgan fingerprint density at radius 3 is 2.65 bits per heavy atom. The number of rotatable bonds is 7. The van der Waals surface area contributed by atoms with Crippen molar-refractivity contribution in [2.24, 2.45) is 0 Å². The average molecular weight is 258 g/mol. The third-order valence-corrected chi connectivity index (χ3v) is 3.95. The largest absolute Gasteiger partial charge is 0.388 e. The SMILES string of the molecule is CCOCCN(CC)c1nc(C)c(C(C)O)s1. The summed E-state index contributed by atoms with van der Waals surface area (Å²) in [7, 11) is 0. The minimum Gasteiger partial charge on any atom is -0.388 e. The lowest BCUT2D eigenvalue weighted by Crippen LogP contribution is -2.27. The summed E-state index contributed by atoms with van der Waals surface area (Å²) in [5.41, 5.74) is 0.926. The Hall–Kier alpha value is -0.650. The smallest absolute Gasteiger partial charge is 0.185 e. The summed E-state index contributed by atoms with van der Waals surface area (Å²) in [5.74, 6) is 0. The number of ether oxygens (including phenoxy) is 1. The topological polar surface area (TPSA) is 45.6 Å². The highest BCUT2D eigenvalue weighted by Gasteiger charge is 2.15. The molecule has 1 N–H and O–H groups in total. The molecule has 5 heteroatoms. The maximum atomic E-state index is 9.61. The van der Waals surface area contributed by atoms with Gasteiger partial charge in [0.1, 0.15) is 0 Å². The lowest BCUT2D eigenvalue weighted by molar-refractivity contribution is 0.154. The fourth-order valence-electron chi connectivity index (χ4n) is 1.62. The molecular formula is C12H22N2O2S. The van der Waals surface area contributed by atoms with Gasteiger partial charge in [0.15, 0.2) is 5.13 Å². The van der Waals surface area contributed by atoms with Gasteiger partial charge in [0, 0.05) is 19.7 Å². The molecule has 1 atom stereocenters. The standard InChI is InChI=1S/C12H22N2O2S/c1-5-14(7-8-16-6-2)12-13-9(3)11(17-12)10(4)15/h10,15H,5-8H2,1-4H3. The second-order valence-corrected chi connectivity index (χ2v) is 4.91. The van der Waals surface area contributed by atoms with Gasteiger partial charge in [-0.15, -0.1) is 0 Å². The van der Waals surface area contributed by atoms with E-state index in [-0.39, 0.29) is 0 Å². The highest BCUT2D eigenvalue weighted by atomic mass is 32.1. The highest BCUT2D eigenvalue weighted by molar-refractivity contribution is 7.15. The van der Waals surface area contributed by atoms with Crippen LogP contribution in [0.4, 0.5) is 5.13 Å². The zero-order valence-electron chi connectivity index (χ0n) is 11.1. The molecule has 98 valence electrons. The van der Waals surface area contributed by atoms with Crippen molar-refractivity contribution >= 4 is 16.5 Å². The predicted molar refractivity (Wildman–Crippen MR) is 71.9 cm³/mol. The molecule has 17 heavy (non-hydrogen) atoms. The van der Waals surface area contributed by atoms with Gasteiger partial charge in [0.25, 0.3) is 0 Å². The summed E-state index contributed by atoms with van der Waals surface area (Å²) in [4.78, 5) is 7.64. The lowest BCUT2D eigenvalue weighted by Gasteiger charge is -2.19. The van der Waals surface area contributed by atoms with Gasteiger partial charge in [-0.2, -0.15) is 0 Å². The van der Waals surface area contributed by atoms with Crippen LogP contribution in [0.2, 0.25) is 0 Å². The van der Waals surface area contributed by atoms with Gasteiger partial charge in [-0.25, -0.2) is 4.98 Å². The van der Waals surface area contributed by atoms with Crippen molar-refractivity contribution in [2.75, 3.05) is 31.2 Å². The molecule has 0 aliphatic rings. The Balaban J connectivity index is 2.71. The van der Waals surface area contributed by atoms with Crippen LogP contribution in [0.15, 0.2) is 0 Å². The molecule has 1 unspecified atom stereocenters. The van der Waals surface area contributed by atoms with E-state index in [0.29, 0.717) is 6.61 Å². The summed E-state index contributed by atoms with van der Waals surface area (Å²) >= 11 is 1.57. The first-order valence-corrected chi connectivity index (χ1v) is 6.89. The third-order valence-electron chi connectivity index (χ3n) is 2.56. The van der Waals surface area contributed by atoms with Crippen LogP contribution < -0.4 is 4.90 Å². The van der Waals surface area contributed by atoms with Crippen LogP contribution in [0.25, 0.3) is 0 Å². The minimum absolute atomic E-state index is 0.438. The van der Waals surface area contributed by atoms with Crippen molar-refractivity contribution in [3.05, 3.63) is 10.6 Å². The van der Waals surface area contributed by atoms with Crippen molar-refractivity contribution in [1.29, 1.82) is 0 Å². The van der Waals surface area contributed by atoms with E-state index in [1.807, 2.05) is 13.8 Å². The van der Waals surface area contributed by atoms with Gasteiger partial charge in [0.2, 0.25) is 0 Å². The number of aromatic nitrogens is 1. The number of thiazole rings is 1. The molecule has 0 aliphatic heterocycles. The maximum absolute atomic E-state index is 9.61. The molecule has 0 radical (unpaired) electrons. The number of anilines is 1. The summed E-state index contributed by atoms with van der Waals surface area (Å²) in [6.45, 7) is 11.0. The molecule has 0 saturated heterocycles. The van der Waals surface area contributed by atoms with Gasteiger partial charge in [-0.3, -0.25) is 0 Å². The van der Waals surface area contributed by atoms with Gasteiger partial charge in [0.05, 0.1) is 23.3 Å². The van der Waals surface area contributed by atoms with Crippen LogP contribution in [0, 0.1) is 6.92 Å². The first-order valence-electron chi connectivity index (χ1n) is 6.08. The van der Waals surface area contributed by atoms with E-state index in [1.165, 1.54) is 0 Å². The molecule has 1 heterocycles. The van der Waals surface area contributed by atoms with Crippen LogP contribution >= 0.6 is 11.3 Å². The second kappa shape index (κ2) is 6.93. The summed E-state index contributed by atoms with van der Waals surface area (Å²) in [6.07, 6.45) is -0.438. The molecule has 1 rings (SSSR count). The van der Waals surface area contributed by atoms with Gasteiger partial charge >= 0.3 is 0 Å². The molecule has 0 amide bonds. The Bertz CT molecular complexity index is 339. The van der Waals surface area contributed by atoms with Crippen LogP contribution in [-0.2, 0) is 4.74 Å². The van der Waals surface area contributed by atoms with E-state index in [9.17, 15) is 5.11 Å². The Morgan fingerprint density at radius 1 is 1.47 bits per heavy atom. The molecular weight excluding hydrogens is 236 g/mol. The number of nitrogens with zero attached hydrogens (tertiary/aromatic N) is 2. The summed E-state index contributed by atoms with van der Waals surface area (Å²) in [6, 6.07) is 0. The fraction of sp³-hybridized carbons (Fsp3) is 0.750. The number of likely N-dealkylation sites (N-methyl/N-ethyl adjacent to an activating group) is 1. The minimum atomic E-state index is -0.438. The highest BCUT2D eigenvalue weighted by Crippen LogP contribution is 2.30. The second-order valence-electron chi connectivity index (χ2n) is 3.90.